The van der Waals surface area contributed by atoms with Gasteiger partial charge in [0.25, 0.3) is 0 Å². The first kappa shape index (κ1) is 19.4. The smallest absolute Gasteiger partial charge is 0.169 e. The van der Waals surface area contributed by atoms with E-state index < -0.39 is 0 Å². The average Bonchev–Trinajstić information content (AvgIpc) is 2.81. The van der Waals surface area contributed by atoms with Crippen molar-refractivity contribution in [1.82, 2.24) is 0 Å². The molecule has 0 amide bonds. The Hall–Kier alpha value is -2.91. The van der Waals surface area contributed by atoms with Crippen molar-refractivity contribution in [2.75, 3.05) is 11.5 Å². The molecule has 2 nitrogen and oxygen atoms in total. The van der Waals surface area contributed by atoms with E-state index >= 15 is 0 Å². The summed E-state index contributed by atoms with van der Waals surface area (Å²) in [6, 6.07) is 29.8. The van der Waals surface area contributed by atoms with Gasteiger partial charge >= 0.3 is 0 Å². The zero-order valence-corrected chi connectivity index (χ0v) is 17.3. The van der Waals surface area contributed by atoms with Crippen LogP contribution in [0.15, 0.2) is 110 Å². The number of hydrogen-bond acceptors (Lipinski definition) is 1. The van der Waals surface area contributed by atoms with Crippen LogP contribution in [0.5, 0.6) is 0 Å². The second-order valence-corrected chi connectivity index (χ2v) is 8.22. The molecule has 4 aromatic rings. The largest absolute Gasteiger partial charge is 0.204 e. The highest BCUT2D eigenvalue weighted by atomic mass is 32.2. The molecular formula is C26H26N2S+2. The summed E-state index contributed by atoms with van der Waals surface area (Å²) >= 11 is 2.00. The minimum Gasteiger partial charge on any atom is -0.204 e. The fourth-order valence-electron chi connectivity index (χ4n) is 3.30. The van der Waals surface area contributed by atoms with Gasteiger partial charge in [-0.3, -0.25) is 0 Å². The molecule has 2 aromatic heterocycles. The second-order valence-electron chi connectivity index (χ2n) is 6.99. The van der Waals surface area contributed by atoms with Gasteiger partial charge in [0, 0.05) is 24.3 Å². The van der Waals surface area contributed by atoms with Crippen LogP contribution in [0, 0.1) is 0 Å². The zero-order chi connectivity index (χ0) is 19.7. The van der Waals surface area contributed by atoms with Gasteiger partial charge in [0.15, 0.2) is 37.9 Å². The lowest BCUT2D eigenvalue weighted by molar-refractivity contribution is -0.693. The van der Waals surface area contributed by atoms with Crippen molar-refractivity contribution in [3.63, 3.8) is 0 Å². The molecule has 0 radical (unpaired) electrons. The van der Waals surface area contributed by atoms with Crippen LogP contribution < -0.4 is 9.13 Å². The molecule has 0 N–H and O–H groups in total. The fraction of sp³-hybridized carbons (Fsp3) is 0.154. The molecule has 0 aliphatic rings. The van der Waals surface area contributed by atoms with E-state index in [2.05, 4.69) is 119 Å². The second kappa shape index (κ2) is 10.0. The van der Waals surface area contributed by atoms with E-state index in [1.165, 1.54) is 22.3 Å². The van der Waals surface area contributed by atoms with Gasteiger partial charge in [-0.1, -0.05) is 60.7 Å². The Balaban J connectivity index is 1.20. The van der Waals surface area contributed by atoms with Crippen molar-refractivity contribution >= 4 is 11.8 Å². The topological polar surface area (TPSA) is 7.76 Å². The number of nitrogens with zero attached hydrogens (tertiary/aromatic N) is 2. The third-order valence-electron chi connectivity index (χ3n) is 4.98. The number of aryl methyl sites for hydroxylation is 2. The van der Waals surface area contributed by atoms with Crippen LogP contribution in [0.2, 0.25) is 0 Å². The molecule has 0 unspecified atom stereocenters. The van der Waals surface area contributed by atoms with Gasteiger partial charge in [0.05, 0.1) is 11.5 Å². The molecule has 144 valence electrons. The van der Waals surface area contributed by atoms with Gasteiger partial charge in [0.1, 0.15) is 0 Å². The zero-order valence-electron chi connectivity index (χ0n) is 16.5. The van der Waals surface area contributed by atoms with E-state index in [4.69, 9.17) is 0 Å². The maximum atomic E-state index is 2.27. The van der Waals surface area contributed by atoms with Crippen LogP contribution in [-0.2, 0) is 13.1 Å². The number of pyridine rings is 2. The molecule has 4 rings (SSSR count). The molecule has 0 aliphatic heterocycles. The van der Waals surface area contributed by atoms with E-state index in [9.17, 15) is 0 Å². The lowest BCUT2D eigenvalue weighted by atomic mass is 10.1. The van der Waals surface area contributed by atoms with Crippen LogP contribution in [0.4, 0.5) is 0 Å². The Kier molecular flexibility index (Phi) is 6.72. The van der Waals surface area contributed by atoms with Gasteiger partial charge in [-0.2, -0.15) is 0 Å². The Morgan fingerprint density at radius 3 is 1.17 bits per heavy atom. The van der Waals surface area contributed by atoms with E-state index in [1.807, 2.05) is 11.8 Å². The quantitative estimate of drug-likeness (QED) is 0.298. The Labute approximate surface area is 177 Å². The summed E-state index contributed by atoms with van der Waals surface area (Å²) in [5.74, 6) is 2.25. The van der Waals surface area contributed by atoms with E-state index in [-0.39, 0.29) is 0 Å². The highest BCUT2D eigenvalue weighted by Gasteiger charge is 2.05. The molecule has 3 heteroatoms. The molecular weight excluding hydrogens is 372 g/mol. The predicted molar refractivity (Wildman–Crippen MR) is 121 cm³/mol. The van der Waals surface area contributed by atoms with Crippen LogP contribution in [-0.4, -0.2) is 11.5 Å². The summed E-state index contributed by atoms with van der Waals surface area (Å²) in [5, 5.41) is 0. The lowest BCUT2D eigenvalue weighted by Gasteiger charge is -2.02. The molecule has 0 spiro atoms. The first-order valence-electron chi connectivity index (χ1n) is 10.1. The summed E-state index contributed by atoms with van der Waals surface area (Å²) in [6.45, 7) is 2.08. The van der Waals surface area contributed by atoms with Gasteiger partial charge < -0.3 is 0 Å². The Bertz CT molecular complexity index is 913. The van der Waals surface area contributed by atoms with Crippen molar-refractivity contribution in [3.05, 3.63) is 110 Å². The van der Waals surface area contributed by atoms with Crippen molar-refractivity contribution < 1.29 is 9.13 Å². The maximum absolute atomic E-state index is 2.27. The number of benzene rings is 2. The molecule has 2 aromatic carbocycles. The van der Waals surface area contributed by atoms with E-state index in [0.29, 0.717) is 0 Å². The third-order valence-corrected chi connectivity index (χ3v) is 5.93. The molecule has 0 fully saturated rings. The first-order valence-corrected chi connectivity index (χ1v) is 11.2. The highest BCUT2D eigenvalue weighted by molar-refractivity contribution is 7.99. The monoisotopic (exact) mass is 398 g/mol. The first-order chi connectivity index (χ1) is 14.4. The van der Waals surface area contributed by atoms with Crippen LogP contribution in [0.1, 0.15) is 0 Å². The molecule has 0 aliphatic carbocycles. The third kappa shape index (κ3) is 5.55. The lowest BCUT2D eigenvalue weighted by Crippen LogP contribution is -2.35. The number of hydrogen-bond donors (Lipinski definition) is 0. The number of rotatable bonds is 8. The van der Waals surface area contributed by atoms with Crippen molar-refractivity contribution in [1.29, 1.82) is 0 Å². The minimum atomic E-state index is 1.04. The summed E-state index contributed by atoms with van der Waals surface area (Å²) in [6.07, 6.45) is 8.72. The summed E-state index contributed by atoms with van der Waals surface area (Å²) in [7, 11) is 0. The molecule has 2 heterocycles. The SMILES string of the molecule is c1ccc(-c2cc[n+](CCSCC[n+]3ccc(-c4ccccc4)cc3)cc2)cc1. The van der Waals surface area contributed by atoms with E-state index in [1.54, 1.807) is 0 Å². The Morgan fingerprint density at radius 2 is 0.793 bits per heavy atom. The maximum Gasteiger partial charge on any atom is 0.169 e. The van der Waals surface area contributed by atoms with E-state index in [0.717, 1.165) is 24.6 Å². The van der Waals surface area contributed by atoms with Gasteiger partial charge in [-0.15, -0.1) is 11.8 Å². The van der Waals surface area contributed by atoms with Crippen molar-refractivity contribution in [2.24, 2.45) is 0 Å². The molecule has 0 saturated heterocycles. The predicted octanol–water partition coefficient (Wildman–Crippen LogP) is 5.03. The van der Waals surface area contributed by atoms with Crippen molar-refractivity contribution in [3.8, 4) is 22.3 Å². The fourth-order valence-corrected chi connectivity index (χ4v) is 4.18. The van der Waals surface area contributed by atoms with Crippen LogP contribution in [0.3, 0.4) is 0 Å². The van der Waals surface area contributed by atoms with Gasteiger partial charge in [0.2, 0.25) is 0 Å². The molecule has 29 heavy (non-hydrogen) atoms. The van der Waals surface area contributed by atoms with Gasteiger partial charge in [-0.05, 0) is 22.3 Å². The minimum absolute atomic E-state index is 1.04. The standard InChI is InChI=1S/C26H26N2S/c1-3-7-23(8-4-1)25-11-15-27(16-12-25)19-21-29-22-20-28-17-13-26(14-18-28)24-9-5-2-6-10-24/h1-18H,19-22H2/q+2. The van der Waals surface area contributed by atoms with Crippen molar-refractivity contribution in [2.45, 2.75) is 13.1 Å². The highest BCUT2D eigenvalue weighted by Crippen LogP contribution is 2.17. The summed E-state index contributed by atoms with van der Waals surface area (Å²) < 4.78 is 4.53. The van der Waals surface area contributed by atoms with Crippen LogP contribution in [0.25, 0.3) is 22.3 Å². The number of aromatic nitrogens is 2. The molecule has 0 atom stereocenters. The molecule has 0 bridgehead atoms. The van der Waals surface area contributed by atoms with Gasteiger partial charge in [-0.25, -0.2) is 9.13 Å². The summed E-state index contributed by atoms with van der Waals surface area (Å²) in [5.41, 5.74) is 5.07. The summed E-state index contributed by atoms with van der Waals surface area (Å²) in [4.78, 5) is 0. The number of thioether (sulfide) groups is 1. The van der Waals surface area contributed by atoms with Crippen LogP contribution >= 0.6 is 11.8 Å². The Morgan fingerprint density at radius 1 is 0.448 bits per heavy atom. The average molecular weight is 399 g/mol. The molecule has 0 saturated carbocycles. The normalized spacial score (nSPS) is 10.8.